The van der Waals surface area contributed by atoms with Crippen molar-refractivity contribution < 1.29 is 31.9 Å². The minimum Gasteiger partial charge on any atom is -0.361 e. The molecule has 1 saturated heterocycles. The van der Waals surface area contributed by atoms with Crippen LogP contribution in [0.25, 0.3) is 11.0 Å². The third kappa shape index (κ3) is 5.60. The van der Waals surface area contributed by atoms with E-state index in [1.54, 1.807) is 6.07 Å². The van der Waals surface area contributed by atoms with Crippen LogP contribution in [-0.2, 0) is 34.9 Å². The molecule has 2 aliphatic heterocycles. The fourth-order valence-electron chi connectivity index (χ4n) is 6.40. The number of likely N-dealkylation sites (tertiary alicyclic amines) is 1. The summed E-state index contributed by atoms with van der Waals surface area (Å²) in [5.41, 5.74) is 0.708. The number of benzene rings is 2. The molecule has 2 aromatic carbocycles. The van der Waals surface area contributed by atoms with E-state index >= 15 is 0 Å². The van der Waals surface area contributed by atoms with Crippen molar-refractivity contribution >= 4 is 42.5 Å². The Labute approximate surface area is 269 Å². The van der Waals surface area contributed by atoms with Crippen molar-refractivity contribution in [1.82, 2.24) is 19.4 Å². The van der Waals surface area contributed by atoms with E-state index in [-0.39, 0.29) is 43.9 Å². The van der Waals surface area contributed by atoms with Crippen LogP contribution in [0, 0.1) is 30.2 Å². The van der Waals surface area contributed by atoms with E-state index in [0.717, 1.165) is 29.1 Å². The highest BCUT2D eigenvalue weighted by molar-refractivity contribution is 6.76. The topological polar surface area (TPSA) is 67.7 Å². The average Bonchev–Trinajstić information content (AvgIpc) is 3.56. The summed E-state index contributed by atoms with van der Waals surface area (Å²) < 4.78 is 64.6. The molecule has 4 aromatic rings. The van der Waals surface area contributed by atoms with Crippen LogP contribution < -0.4 is 0 Å². The van der Waals surface area contributed by atoms with Crippen molar-refractivity contribution in [3.63, 3.8) is 0 Å². The van der Waals surface area contributed by atoms with Crippen LogP contribution >= 0.6 is 11.6 Å². The van der Waals surface area contributed by atoms with Gasteiger partial charge in [-0.1, -0.05) is 37.3 Å². The zero-order chi connectivity index (χ0) is 33.1. The smallest absolute Gasteiger partial charge is 0.255 e. The largest absolute Gasteiger partial charge is 0.361 e. The van der Waals surface area contributed by atoms with Gasteiger partial charge in [0.15, 0.2) is 17.2 Å². The Morgan fingerprint density at radius 1 is 0.978 bits per heavy atom. The molecular weight excluding hydrogens is 640 g/mol. The lowest BCUT2D eigenvalue weighted by atomic mass is 9.87. The fraction of sp³-hybridized carbons (Fsp3) is 0.364. The molecule has 0 radical (unpaired) electrons. The Morgan fingerprint density at radius 3 is 2.46 bits per heavy atom. The lowest BCUT2D eigenvalue weighted by Gasteiger charge is -2.34. The highest BCUT2D eigenvalue weighted by Crippen LogP contribution is 2.48. The highest BCUT2D eigenvalue weighted by atomic mass is 35.5. The first-order valence-corrected chi connectivity index (χ1v) is 19.1. The van der Waals surface area contributed by atoms with E-state index in [1.165, 1.54) is 21.9 Å². The van der Waals surface area contributed by atoms with Crippen LogP contribution in [0.2, 0.25) is 30.8 Å². The summed E-state index contributed by atoms with van der Waals surface area (Å²) in [5, 5.41) is 1.09. The second-order valence-corrected chi connectivity index (χ2v) is 19.2. The van der Waals surface area contributed by atoms with Gasteiger partial charge in [0.1, 0.15) is 29.2 Å². The van der Waals surface area contributed by atoms with E-state index in [1.807, 2.05) is 17.6 Å². The quantitative estimate of drug-likeness (QED) is 0.0623. The second-order valence-electron chi connectivity index (χ2n) is 13.2. The van der Waals surface area contributed by atoms with Gasteiger partial charge >= 0.3 is 0 Å². The highest BCUT2D eigenvalue weighted by Gasteiger charge is 2.59. The van der Waals surface area contributed by atoms with Crippen LogP contribution in [-0.4, -0.2) is 52.4 Å². The number of rotatable bonds is 9. The summed E-state index contributed by atoms with van der Waals surface area (Å²) in [4.78, 5) is 35.7. The first kappa shape index (κ1) is 32.2. The molecule has 2 aliphatic rings. The summed E-state index contributed by atoms with van der Waals surface area (Å²) in [6.45, 7) is 9.00. The number of ether oxygens (including phenoxy) is 1. The Balaban J connectivity index is 1.40. The first-order chi connectivity index (χ1) is 21.7. The Kier molecular flexibility index (Phi) is 8.27. The molecular formula is C33H33ClF4N4O3Si. The molecule has 0 unspecified atom stereocenters. The molecule has 2 amide bonds. The number of amides is 2. The molecule has 7 nitrogen and oxygen atoms in total. The lowest BCUT2D eigenvalue weighted by molar-refractivity contribution is -0.137. The number of hydrogen-bond donors (Lipinski definition) is 0. The summed E-state index contributed by atoms with van der Waals surface area (Å²) in [7, 11) is -1.38. The SMILES string of the molecule is Cc1cc(Cl)nc2c1cc(CN1C(=O)c3cc(F)ccc3[C@]13CCN(Cc1cc(F)c(F)cc1F)C3=O)n2COCC[Si](C)(C)C. The third-order valence-corrected chi connectivity index (χ3v) is 10.8. The molecule has 1 fully saturated rings. The maximum atomic E-state index is 14.6. The maximum absolute atomic E-state index is 14.6. The van der Waals surface area contributed by atoms with Crippen molar-refractivity contribution in [2.24, 2.45) is 0 Å². The Morgan fingerprint density at radius 2 is 1.72 bits per heavy atom. The van der Waals surface area contributed by atoms with Crippen molar-refractivity contribution in [3.05, 3.63) is 98.8 Å². The van der Waals surface area contributed by atoms with Gasteiger partial charge in [0, 0.05) is 68.0 Å². The predicted molar refractivity (Wildman–Crippen MR) is 168 cm³/mol. The monoisotopic (exact) mass is 672 g/mol. The molecule has 0 aliphatic carbocycles. The van der Waals surface area contributed by atoms with Gasteiger partial charge in [-0.05, 0) is 48.9 Å². The molecule has 0 bridgehead atoms. The number of fused-ring (bicyclic) bond motifs is 3. The Hall–Kier alpha value is -3.74. The van der Waals surface area contributed by atoms with Crippen LogP contribution in [0.15, 0.2) is 42.5 Å². The number of carbonyl (C=O) groups is 2. The number of aryl methyl sites for hydroxylation is 1. The summed E-state index contributed by atoms with van der Waals surface area (Å²) in [6.07, 6.45) is 0.123. The first-order valence-electron chi connectivity index (χ1n) is 15.0. The van der Waals surface area contributed by atoms with Gasteiger partial charge in [-0.25, -0.2) is 22.5 Å². The average molecular weight is 673 g/mol. The predicted octanol–water partition coefficient (Wildman–Crippen LogP) is 7.15. The zero-order valence-corrected chi connectivity index (χ0v) is 27.7. The van der Waals surface area contributed by atoms with E-state index in [0.29, 0.717) is 34.7 Å². The molecule has 0 N–H and O–H groups in total. The molecule has 46 heavy (non-hydrogen) atoms. The molecule has 242 valence electrons. The molecule has 1 atom stereocenters. The van der Waals surface area contributed by atoms with Crippen LogP contribution in [0.4, 0.5) is 17.6 Å². The molecule has 2 aromatic heterocycles. The van der Waals surface area contributed by atoms with Gasteiger partial charge in [-0.2, -0.15) is 0 Å². The number of nitrogens with zero attached hydrogens (tertiary/aromatic N) is 4. The van der Waals surface area contributed by atoms with Crippen molar-refractivity contribution in [2.75, 3.05) is 13.2 Å². The van der Waals surface area contributed by atoms with E-state index in [9.17, 15) is 27.2 Å². The minimum atomic E-state index is -1.53. The van der Waals surface area contributed by atoms with Gasteiger partial charge in [0.05, 0.1) is 6.54 Å². The number of aromatic nitrogens is 2. The van der Waals surface area contributed by atoms with Gasteiger partial charge in [0.25, 0.3) is 11.8 Å². The standard InChI is InChI=1S/C33H33ClF4N4O3Si/c1-19-11-29(34)39-30-23(19)14-22(41(30)18-45-9-10-46(2,3)4)17-42-31(43)24-13-21(35)5-6-25(24)33(42)7-8-40(32(33)44)16-20-12-27(37)28(38)15-26(20)36/h5-6,11-15H,7-10,16-18H2,1-4H3/t33-/m0/s1. The molecule has 0 saturated carbocycles. The van der Waals surface area contributed by atoms with Gasteiger partial charge < -0.3 is 19.1 Å². The fourth-order valence-corrected chi connectivity index (χ4v) is 7.40. The van der Waals surface area contributed by atoms with Gasteiger partial charge in [0.2, 0.25) is 0 Å². The molecule has 13 heteroatoms. The minimum absolute atomic E-state index is 0.0561. The number of halogens is 5. The Bertz CT molecular complexity index is 1900. The molecule has 6 rings (SSSR count). The second kappa shape index (κ2) is 11.8. The molecule has 4 heterocycles. The van der Waals surface area contributed by atoms with E-state index < -0.39 is 48.7 Å². The van der Waals surface area contributed by atoms with Crippen LogP contribution in [0.5, 0.6) is 0 Å². The van der Waals surface area contributed by atoms with E-state index in [4.69, 9.17) is 16.3 Å². The summed E-state index contributed by atoms with van der Waals surface area (Å²) in [6, 6.07) is 9.47. The third-order valence-electron chi connectivity index (χ3n) is 8.86. The number of carbonyl (C=O) groups excluding carboxylic acids is 2. The number of hydrogen-bond acceptors (Lipinski definition) is 4. The van der Waals surface area contributed by atoms with Gasteiger partial charge in [-0.15, -0.1) is 0 Å². The zero-order valence-electron chi connectivity index (χ0n) is 25.9. The van der Waals surface area contributed by atoms with Crippen LogP contribution in [0.1, 0.15) is 39.2 Å². The van der Waals surface area contributed by atoms with E-state index in [2.05, 4.69) is 24.6 Å². The normalized spacial score (nSPS) is 18.1. The maximum Gasteiger partial charge on any atom is 0.255 e. The lowest BCUT2D eigenvalue weighted by Crippen LogP contribution is -2.49. The van der Waals surface area contributed by atoms with Crippen molar-refractivity contribution in [3.8, 4) is 0 Å². The van der Waals surface area contributed by atoms with Crippen molar-refractivity contribution in [2.45, 2.75) is 64.4 Å². The number of pyridine rings is 1. The summed E-state index contributed by atoms with van der Waals surface area (Å²) in [5.74, 6) is -5.26. The van der Waals surface area contributed by atoms with Crippen molar-refractivity contribution in [1.29, 1.82) is 0 Å². The summed E-state index contributed by atoms with van der Waals surface area (Å²) >= 11 is 6.34. The van der Waals surface area contributed by atoms with Crippen LogP contribution in [0.3, 0.4) is 0 Å². The molecule has 1 spiro atoms. The van der Waals surface area contributed by atoms with Gasteiger partial charge in [-0.3, -0.25) is 9.59 Å².